The fourth-order valence-corrected chi connectivity index (χ4v) is 3.83. The summed E-state index contributed by atoms with van der Waals surface area (Å²) in [6.07, 6.45) is 6.34. The molecule has 1 aliphatic rings. The largest absolute Gasteiger partial charge is 0.468 e. The summed E-state index contributed by atoms with van der Waals surface area (Å²) < 4.78 is 10.1. The summed E-state index contributed by atoms with van der Waals surface area (Å²) in [5.74, 6) is -1.17. The van der Waals surface area contributed by atoms with Crippen LogP contribution in [0, 0.1) is 5.41 Å². The van der Waals surface area contributed by atoms with Crippen molar-refractivity contribution in [3.8, 4) is 0 Å². The lowest BCUT2D eigenvalue weighted by atomic mass is 9.77. The van der Waals surface area contributed by atoms with Gasteiger partial charge in [0.25, 0.3) is 0 Å². The maximum atomic E-state index is 12.8. The molecule has 0 saturated carbocycles. The number of hydrogen-bond donors (Lipinski definition) is 0. The summed E-state index contributed by atoms with van der Waals surface area (Å²) >= 11 is 0. The van der Waals surface area contributed by atoms with Gasteiger partial charge in [0.15, 0.2) is 5.41 Å². The van der Waals surface area contributed by atoms with Crippen molar-refractivity contribution in [3.63, 3.8) is 0 Å². The maximum Gasteiger partial charge on any atom is 0.325 e. The zero-order valence-corrected chi connectivity index (χ0v) is 16.0. The number of allylic oxidation sites excluding steroid dienone is 1. The molecule has 5 nitrogen and oxygen atoms in total. The van der Waals surface area contributed by atoms with Crippen molar-refractivity contribution in [3.05, 3.63) is 72.9 Å². The first-order valence-electron chi connectivity index (χ1n) is 8.90. The van der Waals surface area contributed by atoms with Crippen LogP contribution >= 0.6 is 0 Å². The van der Waals surface area contributed by atoms with Crippen LogP contribution in [-0.4, -0.2) is 50.2 Å². The molecule has 0 bridgehead atoms. The minimum Gasteiger partial charge on any atom is -0.468 e. The molecular weight excluding hydrogens is 342 g/mol. The highest BCUT2D eigenvalue weighted by Crippen LogP contribution is 2.44. The number of esters is 2. The Balaban J connectivity index is 2.53. The zero-order valence-electron chi connectivity index (χ0n) is 16.0. The SMILES string of the molecule is C=CCN(CC=C)C1C(Cc2ccccc2)=CCC1(C(=O)OC)C(=O)OC. The van der Waals surface area contributed by atoms with Crippen molar-refractivity contribution in [1.82, 2.24) is 4.90 Å². The Morgan fingerprint density at radius 3 is 2.15 bits per heavy atom. The molecule has 1 aromatic rings. The van der Waals surface area contributed by atoms with Gasteiger partial charge in [0.2, 0.25) is 0 Å². The average Bonchev–Trinajstić information content (AvgIpc) is 3.07. The summed E-state index contributed by atoms with van der Waals surface area (Å²) in [6, 6.07) is 9.46. The van der Waals surface area contributed by atoms with E-state index < -0.39 is 23.4 Å². The Bertz CT molecular complexity index is 697. The summed E-state index contributed by atoms with van der Waals surface area (Å²) in [7, 11) is 2.59. The van der Waals surface area contributed by atoms with E-state index in [0.717, 1.165) is 11.1 Å². The van der Waals surface area contributed by atoms with E-state index in [9.17, 15) is 9.59 Å². The highest BCUT2D eigenvalue weighted by molar-refractivity contribution is 6.02. The molecular formula is C22H27NO4. The molecule has 1 unspecified atom stereocenters. The summed E-state index contributed by atoms with van der Waals surface area (Å²) in [5.41, 5.74) is 0.664. The van der Waals surface area contributed by atoms with E-state index in [-0.39, 0.29) is 6.42 Å². The monoisotopic (exact) mass is 369 g/mol. The standard InChI is InChI=1S/C22H27NO4/c1-5-14-23(15-6-2)19-18(16-17-10-8-7-9-11-17)12-13-22(19,20(24)26-3)21(25)27-4/h5-12,19H,1-2,13-16H2,3-4H3. The van der Waals surface area contributed by atoms with E-state index in [1.165, 1.54) is 14.2 Å². The fraction of sp³-hybridized carbons (Fsp3) is 0.364. The molecule has 144 valence electrons. The number of benzene rings is 1. The summed E-state index contributed by atoms with van der Waals surface area (Å²) in [4.78, 5) is 27.7. The van der Waals surface area contributed by atoms with E-state index >= 15 is 0 Å². The number of methoxy groups -OCH3 is 2. The number of nitrogens with zero attached hydrogens (tertiary/aromatic N) is 1. The first-order chi connectivity index (χ1) is 13.0. The van der Waals surface area contributed by atoms with Gasteiger partial charge in [-0.3, -0.25) is 14.5 Å². The molecule has 0 saturated heterocycles. The molecule has 0 fully saturated rings. The third-order valence-corrected chi connectivity index (χ3v) is 4.95. The van der Waals surface area contributed by atoms with Gasteiger partial charge in [-0.1, -0.05) is 54.1 Å². The van der Waals surface area contributed by atoms with E-state index in [2.05, 4.69) is 13.2 Å². The van der Waals surface area contributed by atoms with Gasteiger partial charge in [-0.05, 0) is 18.4 Å². The van der Waals surface area contributed by atoms with Crippen LogP contribution in [0.2, 0.25) is 0 Å². The lowest BCUT2D eigenvalue weighted by Crippen LogP contribution is -2.56. The average molecular weight is 369 g/mol. The van der Waals surface area contributed by atoms with Crippen molar-refractivity contribution in [2.24, 2.45) is 5.41 Å². The zero-order chi connectivity index (χ0) is 19.9. The van der Waals surface area contributed by atoms with Crippen LogP contribution < -0.4 is 0 Å². The van der Waals surface area contributed by atoms with Crippen LogP contribution in [0.3, 0.4) is 0 Å². The fourth-order valence-electron chi connectivity index (χ4n) is 3.83. The van der Waals surface area contributed by atoms with Crippen LogP contribution in [0.15, 0.2) is 67.3 Å². The summed E-state index contributed by atoms with van der Waals surface area (Å²) in [5, 5.41) is 0. The Kier molecular flexibility index (Phi) is 7.13. The smallest absolute Gasteiger partial charge is 0.325 e. The normalized spacial score (nSPS) is 17.9. The molecule has 0 aromatic heterocycles. The van der Waals surface area contributed by atoms with Gasteiger partial charge in [0.1, 0.15) is 0 Å². The van der Waals surface area contributed by atoms with Crippen molar-refractivity contribution >= 4 is 11.9 Å². The topological polar surface area (TPSA) is 55.8 Å². The first kappa shape index (κ1) is 20.6. The molecule has 5 heteroatoms. The van der Waals surface area contributed by atoms with Crippen molar-refractivity contribution in [2.75, 3.05) is 27.3 Å². The van der Waals surface area contributed by atoms with Gasteiger partial charge in [0.05, 0.1) is 20.3 Å². The Hall–Kier alpha value is -2.66. The van der Waals surface area contributed by atoms with Crippen LogP contribution in [0.4, 0.5) is 0 Å². The lowest BCUT2D eigenvalue weighted by Gasteiger charge is -2.39. The molecule has 1 aromatic carbocycles. The molecule has 0 spiro atoms. The number of carbonyl (C=O) groups is 2. The molecule has 1 atom stereocenters. The number of hydrogen-bond acceptors (Lipinski definition) is 5. The number of carbonyl (C=O) groups excluding carboxylic acids is 2. The minimum atomic E-state index is -1.43. The second-order valence-corrected chi connectivity index (χ2v) is 6.53. The molecule has 0 amide bonds. The Morgan fingerprint density at radius 2 is 1.67 bits per heavy atom. The third kappa shape index (κ3) is 4.03. The van der Waals surface area contributed by atoms with E-state index in [0.29, 0.717) is 19.5 Å². The van der Waals surface area contributed by atoms with Crippen LogP contribution in [0.25, 0.3) is 0 Å². The predicted molar refractivity (Wildman–Crippen MR) is 105 cm³/mol. The number of ether oxygens (including phenoxy) is 2. The third-order valence-electron chi connectivity index (χ3n) is 4.95. The van der Waals surface area contributed by atoms with Gasteiger partial charge in [-0.25, -0.2) is 0 Å². The van der Waals surface area contributed by atoms with Gasteiger partial charge in [-0.2, -0.15) is 0 Å². The molecule has 27 heavy (non-hydrogen) atoms. The van der Waals surface area contributed by atoms with Gasteiger partial charge >= 0.3 is 11.9 Å². The van der Waals surface area contributed by atoms with Crippen LogP contribution in [-0.2, 0) is 25.5 Å². The minimum absolute atomic E-state index is 0.240. The Labute approximate surface area is 161 Å². The van der Waals surface area contributed by atoms with Crippen LogP contribution in [0.1, 0.15) is 12.0 Å². The van der Waals surface area contributed by atoms with Crippen molar-refractivity contribution in [2.45, 2.75) is 18.9 Å². The van der Waals surface area contributed by atoms with Gasteiger partial charge in [0, 0.05) is 13.1 Å². The highest BCUT2D eigenvalue weighted by atomic mass is 16.5. The number of rotatable bonds is 9. The van der Waals surface area contributed by atoms with Crippen molar-refractivity contribution < 1.29 is 19.1 Å². The summed E-state index contributed by atoms with van der Waals surface area (Å²) in [6.45, 7) is 8.62. The van der Waals surface area contributed by atoms with Crippen LogP contribution in [0.5, 0.6) is 0 Å². The quantitative estimate of drug-likeness (QED) is 0.381. The molecule has 1 aliphatic carbocycles. The van der Waals surface area contributed by atoms with E-state index in [4.69, 9.17) is 9.47 Å². The maximum absolute atomic E-state index is 12.8. The Morgan fingerprint density at radius 1 is 1.11 bits per heavy atom. The van der Waals surface area contributed by atoms with Gasteiger partial charge in [-0.15, -0.1) is 13.2 Å². The predicted octanol–water partition coefficient (Wildman–Crippen LogP) is 2.93. The molecule has 0 heterocycles. The van der Waals surface area contributed by atoms with Crippen molar-refractivity contribution in [1.29, 1.82) is 0 Å². The van der Waals surface area contributed by atoms with Gasteiger partial charge < -0.3 is 9.47 Å². The second kappa shape index (κ2) is 9.33. The molecule has 0 N–H and O–H groups in total. The highest BCUT2D eigenvalue weighted by Gasteiger charge is 2.59. The molecule has 0 aliphatic heterocycles. The van der Waals surface area contributed by atoms with E-state index in [1.807, 2.05) is 41.3 Å². The second-order valence-electron chi connectivity index (χ2n) is 6.53. The molecule has 0 radical (unpaired) electrons. The first-order valence-corrected chi connectivity index (χ1v) is 8.90. The lowest BCUT2D eigenvalue weighted by molar-refractivity contribution is -0.172. The van der Waals surface area contributed by atoms with E-state index in [1.54, 1.807) is 12.2 Å². The molecule has 2 rings (SSSR count).